The van der Waals surface area contributed by atoms with Crippen molar-refractivity contribution in [1.29, 1.82) is 0 Å². The van der Waals surface area contributed by atoms with E-state index in [-0.39, 0.29) is 5.56 Å². The van der Waals surface area contributed by atoms with Gasteiger partial charge in [0.25, 0.3) is 6.43 Å². The van der Waals surface area contributed by atoms with Crippen LogP contribution in [0.3, 0.4) is 0 Å². The summed E-state index contributed by atoms with van der Waals surface area (Å²) >= 11 is 3.14. The summed E-state index contributed by atoms with van der Waals surface area (Å²) in [4.78, 5) is 0. The van der Waals surface area contributed by atoms with Crippen molar-refractivity contribution in [3.8, 4) is 0 Å². The molecule has 0 bridgehead atoms. The average Bonchev–Trinajstić information content (AvgIpc) is 2.17. The van der Waals surface area contributed by atoms with Crippen LogP contribution in [0.5, 0.6) is 0 Å². The van der Waals surface area contributed by atoms with Crippen LogP contribution < -0.4 is 0 Å². The summed E-state index contributed by atoms with van der Waals surface area (Å²) in [5.74, 6) is 0. The number of fused-ring (bicyclic) bond motifs is 1. The molecule has 2 rings (SSSR count). The van der Waals surface area contributed by atoms with Gasteiger partial charge in [0, 0.05) is 10.0 Å². The molecule has 0 aliphatic heterocycles. The molecule has 0 N–H and O–H groups in total. The normalized spacial score (nSPS) is 11.1. The van der Waals surface area contributed by atoms with Gasteiger partial charge in [0.15, 0.2) is 0 Å². The Morgan fingerprint density at radius 3 is 2.43 bits per heavy atom. The topological polar surface area (TPSA) is 0 Å². The Bertz CT molecular complexity index is 466. The Hall–Kier alpha value is -0.960. The van der Waals surface area contributed by atoms with Crippen LogP contribution in [-0.2, 0) is 0 Å². The van der Waals surface area contributed by atoms with Gasteiger partial charge in [-0.2, -0.15) is 0 Å². The van der Waals surface area contributed by atoms with Crippen molar-refractivity contribution >= 4 is 26.7 Å². The molecule has 3 heteroatoms. The molecular weight excluding hydrogens is 250 g/mol. The Balaban J connectivity index is 2.83. The minimum Gasteiger partial charge on any atom is -0.205 e. The molecule has 0 heterocycles. The van der Waals surface area contributed by atoms with Gasteiger partial charge < -0.3 is 0 Å². The molecule has 0 aliphatic rings. The fraction of sp³-hybridized carbons (Fsp3) is 0.0909. The van der Waals surface area contributed by atoms with E-state index >= 15 is 0 Å². The van der Waals surface area contributed by atoms with Gasteiger partial charge in [-0.05, 0) is 16.8 Å². The monoisotopic (exact) mass is 256 g/mol. The highest BCUT2D eigenvalue weighted by Crippen LogP contribution is 2.33. The van der Waals surface area contributed by atoms with E-state index in [1.165, 1.54) is 0 Å². The third kappa shape index (κ3) is 1.52. The van der Waals surface area contributed by atoms with Gasteiger partial charge >= 0.3 is 0 Å². The van der Waals surface area contributed by atoms with Crippen molar-refractivity contribution in [3.63, 3.8) is 0 Å². The van der Waals surface area contributed by atoms with Gasteiger partial charge in [-0.15, -0.1) is 0 Å². The van der Waals surface area contributed by atoms with E-state index < -0.39 is 6.43 Å². The Morgan fingerprint density at radius 2 is 1.71 bits per heavy atom. The fourth-order valence-electron chi connectivity index (χ4n) is 1.49. The average molecular weight is 257 g/mol. The summed E-state index contributed by atoms with van der Waals surface area (Å²) in [6.07, 6.45) is -2.45. The van der Waals surface area contributed by atoms with Crippen LogP contribution >= 0.6 is 15.9 Å². The fourth-order valence-corrected chi connectivity index (χ4v) is 2.01. The summed E-state index contributed by atoms with van der Waals surface area (Å²) in [6.45, 7) is 0. The maximum atomic E-state index is 12.7. The van der Waals surface area contributed by atoms with Gasteiger partial charge in [-0.1, -0.05) is 46.3 Å². The Labute approximate surface area is 88.7 Å². The van der Waals surface area contributed by atoms with E-state index in [9.17, 15) is 8.78 Å². The summed E-state index contributed by atoms with van der Waals surface area (Å²) in [7, 11) is 0. The first-order valence-corrected chi connectivity index (χ1v) is 4.95. The van der Waals surface area contributed by atoms with Crippen LogP contribution in [0.4, 0.5) is 8.78 Å². The van der Waals surface area contributed by atoms with Crippen LogP contribution in [0.1, 0.15) is 12.0 Å². The molecule has 2 aromatic rings. The first-order valence-electron chi connectivity index (χ1n) is 4.15. The summed E-state index contributed by atoms with van der Waals surface area (Å²) in [6, 6.07) is 10.6. The highest BCUT2D eigenvalue weighted by Gasteiger charge is 2.14. The summed E-state index contributed by atoms with van der Waals surface area (Å²) in [5, 5.41) is 1.45. The number of benzene rings is 2. The van der Waals surface area contributed by atoms with Crippen molar-refractivity contribution in [2.24, 2.45) is 0 Å². The predicted octanol–water partition coefficient (Wildman–Crippen LogP) is 4.54. The van der Waals surface area contributed by atoms with E-state index in [1.807, 2.05) is 18.2 Å². The molecular formula is C11H7BrF2. The lowest BCUT2D eigenvalue weighted by Crippen LogP contribution is -1.88. The van der Waals surface area contributed by atoms with Crippen LogP contribution in [0.15, 0.2) is 40.9 Å². The van der Waals surface area contributed by atoms with Crippen LogP contribution in [0.2, 0.25) is 0 Å². The highest BCUT2D eigenvalue weighted by molar-refractivity contribution is 9.10. The number of alkyl halides is 2. The van der Waals surface area contributed by atoms with Gasteiger partial charge in [-0.25, -0.2) is 8.78 Å². The number of hydrogen-bond donors (Lipinski definition) is 0. The lowest BCUT2D eigenvalue weighted by atomic mass is 10.1. The van der Waals surface area contributed by atoms with Crippen molar-refractivity contribution in [2.45, 2.75) is 6.43 Å². The minimum absolute atomic E-state index is 0.0723. The minimum atomic E-state index is -2.45. The van der Waals surface area contributed by atoms with Gasteiger partial charge in [0.1, 0.15) is 0 Å². The first-order chi connectivity index (χ1) is 6.70. The molecule has 0 atom stereocenters. The van der Waals surface area contributed by atoms with E-state index in [0.717, 1.165) is 5.39 Å². The molecule has 14 heavy (non-hydrogen) atoms. The molecule has 0 aliphatic carbocycles. The van der Waals surface area contributed by atoms with Crippen molar-refractivity contribution in [2.75, 3.05) is 0 Å². The summed E-state index contributed by atoms with van der Waals surface area (Å²) in [5.41, 5.74) is 0.0723. The highest BCUT2D eigenvalue weighted by atomic mass is 79.9. The van der Waals surface area contributed by atoms with E-state index in [0.29, 0.717) is 9.86 Å². The zero-order valence-corrected chi connectivity index (χ0v) is 8.76. The molecule has 0 saturated heterocycles. The maximum Gasteiger partial charge on any atom is 0.265 e. The van der Waals surface area contributed by atoms with Crippen LogP contribution in [0, 0.1) is 0 Å². The first kappa shape index (κ1) is 9.59. The summed E-state index contributed by atoms with van der Waals surface area (Å²) < 4.78 is 25.9. The lowest BCUT2D eigenvalue weighted by Gasteiger charge is -2.07. The Morgan fingerprint density at radius 1 is 1.00 bits per heavy atom. The zero-order valence-electron chi connectivity index (χ0n) is 7.18. The zero-order chi connectivity index (χ0) is 10.1. The second-order valence-corrected chi connectivity index (χ2v) is 3.84. The number of rotatable bonds is 1. The number of hydrogen-bond acceptors (Lipinski definition) is 0. The second-order valence-electron chi connectivity index (χ2n) is 2.98. The molecule has 0 fully saturated rings. The molecule has 0 nitrogen and oxygen atoms in total. The van der Waals surface area contributed by atoms with Gasteiger partial charge in [0.2, 0.25) is 0 Å². The largest absolute Gasteiger partial charge is 0.265 e. The molecule has 0 amide bonds. The van der Waals surface area contributed by atoms with Crippen molar-refractivity contribution in [3.05, 3.63) is 46.4 Å². The maximum absolute atomic E-state index is 12.7. The quantitative estimate of drug-likeness (QED) is 0.703. The smallest absolute Gasteiger partial charge is 0.205 e. The third-order valence-corrected chi connectivity index (χ3v) is 2.83. The molecule has 0 spiro atoms. The lowest BCUT2D eigenvalue weighted by molar-refractivity contribution is 0.152. The standard InChI is InChI=1S/C11H7BrF2/c12-9-6-5-7-3-1-2-4-8(7)10(9)11(13)14/h1-6,11H. The van der Waals surface area contributed by atoms with E-state index in [2.05, 4.69) is 15.9 Å². The Kier molecular flexibility index (Phi) is 2.50. The number of halogens is 3. The van der Waals surface area contributed by atoms with Crippen molar-refractivity contribution < 1.29 is 8.78 Å². The van der Waals surface area contributed by atoms with Crippen LogP contribution in [0.25, 0.3) is 10.8 Å². The molecule has 0 radical (unpaired) electrons. The molecule has 72 valence electrons. The molecule has 0 aromatic heterocycles. The molecule has 2 aromatic carbocycles. The van der Waals surface area contributed by atoms with E-state index in [4.69, 9.17) is 0 Å². The van der Waals surface area contributed by atoms with Gasteiger partial charge in [-0.3, -0.25) is 0 Å². The molecule has 0 unspecified atom stereocenters. The third-order valence-electron chi connectivity index (χ3n) is 2.14. The van der Waals surface area contributed by atoms with Gasteiger partial charge in [0.05, 0.1) is 0 Å². The molecule has 0 saturated carbocycles. The van der Waals surface area contributed by atoms with Crippen LogP contribution in [-0.4, -0.2) is 0 Å². The second kappa shape index (κ2) is 3.65. The van der Waals surface area contributed by atoms with E-state index in [1.54, 1.807) is 18.2 Å². The predicted molar refractivity (Wildman–Crippen MR) is 56.6 cm³/mol. The SMILES string of the molecule is FC(F)c1c(Br)ccc2ccccc12. The van der Waals surface area contributed by atoms with Crippen molar-refractivity contribution in [1.82, 2.24) is 0 Å².